The molecule has 1 fully saturated rings. The van der Waals surface area contributed by atoms with Crippen LogP contribution in [0, 0.1) is 0 Å². The molecule has 1 aromatic heterocycles. The van der Waals surface area contributed by atoms with E-state index in [4.69, 9.17) is 16.6 Å². The molecule has 2 rings (SSSR count). The van der Waals surface area contributed by atoms with Crippen molar-refractivity contribution in [2.24, 2.45) is 0 Å². The Labute approximate surface area is 134 Å². The first-order valence-corrected chi connectivity index (χ1v) is 8.60. The Morgan fingerprint density at radius 3 is 2.71 bits per heavy atom. The molecule has 4 heteroatoms. The quantitative estimate of drug-likeness (QED) is 0.787. The molecular formula is C17H28ClN3. The maximum atomic E-state index is 6.09. The van der Waals surface area contributed by atoms with E-state index < -0.39 is 0 Å². The molecule has 3 nitrogen and oxygen atoms in total. The average Bonchev–Trinajstić information content (AvgIpc) is 2.67. The minimum absolute atomic E-state index is 0.432. The fourth-order valence-corrected chi connectivity index (χ4v) is 3.16. The lowest BCUT2D eigenvalue weighted by atomic mass is 10.1. The predicted octanol–water partition coefficient (Wildman–Crippen LogP) is 3.86. The third-order valence-electron chi connectivity index (χ3n) is 4.30. The third-order valence-corrected chi connectivity index (χ3v) is 4.61. The highest BCUT2D eigenvalue weighted by atomic mass is 35.5. The third kappa shape index (κ3) is 4.10. The largest absolute Gasteiger partial charge is 0.352 e. The Morgan fingerprint density at radius 2 is 2.10 bits per heavy atom. The fraction of sp³-hybridized carbons (Fsp3) is 0.706. The molecule has 118 valence electrons. The van der Waals surface area contributed by atoms with E-state index in [1.807, 2.05) is 0 Å². The summed E-state index contributed by atoms with van der Waals surface area (Å²) in [5.74, 6) is 2.10. The number of hydrogen-bond donors (Lipinski definition) is 0. The SMILES string of the molecule is CCC1CN(C)CCCN1c1cc(CCl)cc(C(C)C)n1. The van der Waals surface area contributed by atoms with Gasteiger partial charge in [-0.2, -0.15) is 0 Å². The lowest BCUT2D eigenvalue weighted by molar-refractivity contribution is 0.327. The van der Waals surface area contributed by atoms with E-state index in [2.05, 4.69) is 49.8 Å². The molecule has 0 saturated carbocycles. The maximum Gasteiger partial charge on any atom is 0.129 e. The molecule has 0 aromatic carbocycles. The van der Waals surface area contributed by atoms with Crippen LogP contribution in [0.3, 0.4) is 0 Å². The van der Waals surface area contributed by atoms with Crippen molar-refractivity contribution in [1.29, 1.82) is 0 Å². The Balaban J connectivity index is 2.35. The van der Waals surface area contributed by atoms with Crippen molar-refractivity contribution in [3.05, 3.63) is 23.4 Å². The van der Waals surface area contributed by atoms with Crippen LogP contribution in [0.2, 0.25) is 0 Å². The van der Waals surface area contributed by atoms with Crippen LogP contribution in [-0.2, 0) is 5.88 Å². The number of aromatic nitrogens is 1. The van der Waals surface area contributed by atoms with Gasteiger partial charge in [0.05, 0.1) is 0 Å². The standard InChI is InChI=1S/C17H28ClN3/c1-5-15-12-20(4)7-6-8-21(15)17-10-14(11-18)9-16(19-17)13(2)3/h9-10,13,15H,5-8,11-12H2,1-4H3. The van der Waals surface area contributed by atoms with Gasteiger partial charge in [0, 0.05) is 30.7 Å². The minimum atomic E-state index is 0.432. The zero-order valence-corrected chi connectivity index (χ0v) is 14.5. The van der Waals surface area contributed by atoms with Gasteiger partial charge in [-0.1, -0.05) is 20.8 Å². The number of nitrogens with zero attached hydrogens (tertiary/aromatic N) is 3. The molecule has 21 heavy (non-hydrogen) atoms. The Kier molecular flexibility index (Phi) is 5.88. The van der Waals surface area contributed by atoms with Crippen LogP contribution >= 0.6 is 11.6 Å². The second-order valence-corrected chi connectivity index (χ2v) is 6.69. The van der Waals surface area contributed by atoms with E-state index in [9.17, 15) is 0 Å². The van der Waals surface area contributed by atoms with Crippen LogP contribution < -0.4 is 4.90 Å². The monoisotopic (exact) mass is 309 g/mol. The van der Waals surface area contributed by atoms with Crippen molar-refractivity contribution >= 4 is 17.4 Å². The molecule has 2 heterocycles. The van der Waals surface area contributed by atoms with E-state index in [-0.39, 0.29) is 0 Å². The first kappa shape index (κ1) is 16.6. The number of halogens is 1. The summed E-state index contributed by atoms with van der Waals surface area (Å²) >= 11 is 6.09. The first-order valence-electron chi connectivity index (χ1n) is 8.07. The molecule has 1 atom stereocenters. The number of rotatable bonds is 4. The van der Waals surface area contributed by atoms with E-state index in [0.29, 0.717) is 17.8 Å². The van der Waals surface area contributed by atoms with Crippen LogP contribution in [-0.4, -0.2) is 42.6 Å². The number of anilines is 1. The van der Waals surface area contributed by atoms with Gasteiger partial charge in [0.25, 0.3) is 0 Å². The van der Waals surface area contributed by atoms with Crippen molar-refractivity contribution in [1.82, 2.24) is 9.88 Å². The highest BCUT2D eigenvalue weighted by molar-refractivity contribution is 6.17. The van der Waals surface area contributed by atoms with Gasteiger partial charge in [0.1, 0.15) is 5.82 Å². The van der Waals surface area contributed by atoms with Gasteiger partial charge in [-0.3, -0.25) is 0 Å². The zero-order chi connectivity index (χ0) is 15.4. The highest BCUT2D eigenvalue weighted by Gasteiger charge is 2.23. The van der Waals surface area contributed by atoms with Gasteiger partial charge in [-0.25, -0.2) is 4.98 Å². The summed E-state index contributed by atoms with van der Waals surface area (Å²) in [7, 11) is 2.22. The van der Waals surface area contributed by atoms with Crippen LogP contribution in [0.1, 0.15) is 50.8 Å². The summed E-state index contributed by atoms with van der Waals surface area (Å²) in [5, 5.41) is 0. The molecular weight excluding hydrogens is 282 g/mol. The predicted molar refractivity (Wildman–Crippen MR) is 91.4 cm³/mol. The summed E-state index contributed by atoms with van der Waals surface area (Å²) < 4.78 is 0. The Bertz CT molecular complexity index is 461. The molecule has 1 unspecified atom stereocenters. The number of hydrogen-bond acceptors (Lipinski definition) is 3. The molecule has 0 bridgehead atoms. The van der Waals surface area contributed by atoms with E-state index in [1.165, 1.54) is 18.5 Å². The number of pyridine rings is 1. The second kappa shape index (κ2) is 7.46. The molecule has 1 aliphatic heterocycles. The van der Waals surface area contributed by atoms with Crippen LogP contribution in [0.5, 0.6) is 0 Å². The lowest BCUT2D eigenvalue weighted by Crippen LogP contribution is -2.40. The van der Waals surface area contributed by atoms with Gasteiger partial charge in [-0.05, 0) is 50.0 Å². The Morgan fingerprint density at radius 1 is 1.33 bits per heavy atom. The van der Waals surface area contributed by atoms with Crippen LogP contribution in [0.4, 0.5) is 5.82 Å². The number of alkyl halides is 1. The van der Waals surface area contributed by atoms with Gasteiger partial charge in [0.2, 0.25) is 0 Å². The Hall–Kier alpha value is -0.800. The first-order chi connectivity index (χ1) is 10.0. The van der Waals surface area contributed by atoms with Gasteiger partial charge in [0.15, 0.2) is 0 Å². The van der Waals surface area contributed by atoms with Crippen molar-refractivity contribution in [3.63, 3.8) is 0 Å². The molecule has 0 aliphatic carbocycles. The van der Waals surface area contributed by atoms with Gasteiger partial charge < -0.3 is 9.80 Å². The summed E-state index contributed by atoms with van der Waals surface area (Å²) in [5.41, 5.74) is 2.33. The van der Waals surface area contributed by atoms with Crippen molar-refractivity contribution < 1.29 is 0 Å². The molecule has 0 N–H and O–H groups in total. The van der Waals surface area contributed by atoms with Crippen LogP contribution in [0.25, 0.3) is 0 Å². The smallest absolute Gasteiger partial charge is 0.129 e. The number of likely N-dealkylation sites (N-methyl/N-ethyl adjacent to an activating group) is 1. The maximum absolute atomic E-state index is 6.09. The molecule has 0 radical (unpaired) electrons. The lowest BCUT2D eigenvalue weighted by Gasteiger charge is -2.32. The van der Waals surface area contributed by atoms with Gasteiger partial charge in [-0.15, -0.1) is 11.6 Å². The molecule has 0 amide bonds. The van der Waals surface area contributed by atoms with E-state index >= 15 is 0 Å². The topological polar surface area (TPSA) is 19.4 Å². The van der Waals surface area contributed by atoms with E-state index in [1.54, 1.807) is 0 Å². The fourth-order valence-electron chi connectivity index (χ4n) is 3.01. The highest BCUT2D eigenvalue weighted by Crippen LogP contribution is 2.25. The van der Waals surface area contributed by atoms with Crippen molar-refractivity contribution in [3.8, 4) is 0 Å². The molecule has 1 saturated heterocycles. The normalized spacial score (nSPS) is 20.9. The summed E-state index contributed by atoms with van der Waals surface area (Å²) in [6.07, 6.45) is 2.34. The molecule has 1 aromatic rings. The molecule has 0 spiro atoms. The van der Waals surface area contributed by atoms with E-state index in [0.717, 1.165) is 31.0 Å². The summed E-state index contributed by atoms with van der Waals surface area (Å²) in [6.45, 7) is 10.0. The molecule has 1 aliphatic rings. The van der Waals surface area contributed by atoms with Crippen molar-refractivity contribution in [2.45, 2.75) is 51.5 Å². The van der Waals surface area contributed by atoms with Crippen molar-refractivity contribution in [2.75, 3.05) is 31.6 Å². The zero-order valence-electron chi connectivity index (χ0n) is 13.8. The van der Waals surface area contributed by atoms with Crippen LogP contribution in [0.15, 0.2) is 12.1 Å². The summed E-state index contributed by atoms with van der Waals surface area (Å²) in [6, 6.07) is 4.86. The van der Waals surface area contributed by atoms with Gasteiger partial charge >= 0.3 is 0 Å². The summed E-state index contributed by atoms with van der Waals surface area (Å²) in [4.78, 5) is 9.84. The average molecular weight is 310 g/mol. The minimum Gasteiger partial charge on any atom is -0.352 e. The second-order valence-electron chi connectivity index (χ2n) is 6.42.